The second-order valence-corrected chi connectivity index (χ2v) is 2.31. The molecule has 3 nitrogen and oxygen atoms in total. The van der Waals surface area contributed by atoms with Gasteiger partial charge in [-0.3, -0.25) is 0 Å². The summed E-state index contributed by atoms with van der Waals surface area (Å²) in [4.78, 5) is 7.14. The minimum absolute atomic E-state index is 0.216. The van der Waals surface area contributed by atoms with Crippen molar-refractivity contribution in [3.63, 3.8) is 0 Å². The molecule has 1 rings (SSSR count). The molecule has 0 aliphatic heterocycles. The first kappa shape index (κ1) is 9.46. The first-order valence-corrected chi connectivity index (χ1v) is 3.75. The van der Waals surface area contributed by atoms with E-state index in [0.717, 1.165) is 6.33 Å². The summed E-state index contributed by atoms with van der Waals surface area (Å²) in [5.41, 5.74) is 0.306. The predicted octanol–water partition coefficient (Wildman–Crippen LogP) is 1.33. The molecule has 0 bridgehead atoms. The van der Waals surface area contributed by atoms with Crippen LogP contribution in [0.1, 0.15) is 12.5 Å². The molecule has 0 amide bonds. The maximum Gasteiger partial charge on any atom is 0.223 e. The topological polar surface area (TPSA) is 35.0 Å². The van der Waals surface area contributed by atoms with Crippen molar-refractivity contribution in [1.29, 1.82) is 0 Å². The lowest BCUT2D eigenvalue weighted by atomic mass is 10.4. The van der Waals surface area contributed by atoms with Crippen molar-refractivity contribution in [3.8, 4) is 17.7 Å². The molecule has 0 spiro atoms. The van der Waals surface area contributed by atoms with Gasteiger partial charge in [0.1, 0.15) is 6.33 Å². The summed E-state index contributed by atoms with van der Waals surface area (Å²) in [7, 11) is 0. The summed E-state index contributed by atoms with van der Waals surface area (Å²) in [6.07, 6.45) is 1.12. The van der Waals surface area contributed by atoms with Gasteiger partial charge in [0.05, 0.1) is 5.56 Å². The Hall–Kier alpha value is -1.63. The molecule has 1 heterocycles. The van der Waals surface area contributed by atoms with Gasteiger partial charge in [-0.25, -0.2) is 9.97 Å². The SMILES string of the molecule is CC#CCOc1ncnc(F)c1C. The van der Waals surface area contributed by atoms with Crippen LogP contribution in [-0.2, 0) is 0 Å². The van der Waals surface area contributed by atoms with Gasteiger partial charge >= 0.3 is 0 Å². The van der Waals surface area contributed by atoms with Crippen molar-refractivity contribution in [2.45, 2.75) is 13.8 Å². The molecule has 0 N–H and O–H groups in total. The molecule has 0 aliphatic rings. The van der Waals surface area contributed by atoms with Crippen LogP contribution in [0.3, 0.4) is 0 Å². The monoisotopic (exact) mass is 180 g/mol. The molecule has 13 heavy (non-hydrogen) atoms. The smallest absolute Gasteiger partial charge is 0.223 e. The van der Waals surface area contributed by atoms with E-state index in [0.29, 0.717) is 5.56 Å². The minimum Gasteiger partial charge on any atom is -0.464 e. The largest absolute Gasteiger partial charge is 0.464 e. The molecule has 0 radical (unpaired) electrons. The number of ether oxygens (including phenoxy) is 1. The van der Waals surface area contributed by atoms with Crippen molar-refractivity contribution in [3.05, 3.63) is 17.8 Å². The quantitative estimate of drug-likeness (QED) is 0.508. The van der Waals surface area contributed by atoms with Crippen LogP contribution >= 0.6 is 0 Å². The Morgan fingerprint density at radius 2 is 2.31 bits per heavy atom. The van der Waals surface area contributed by atoms with Crippen LogP contribution in [0.15, 0.2) is 6.33 Å². The van der Waals surface area contributed by atoms with Gasteiger partial charge in [-0.2, -0.15) is 4.39 Å². The highest BCUT2D eigenvalue weighted by Crippen LogP contribution is 2.13. The number of rotatable bonds is 2. The molecule has 68 valence electrons. The lowest BCUT2D eigenvalue weighted by Crippen LogP contribution is -2.01. The summed E-state index contributed by atoms with van der Waals surface area (Å²) in [5.74, 6) is 5.03. The number of halogens is 1. The molecular weight excluding hydrogens is 171 g/mol. The highest BCUT2D eigenvalue weighted by Gasteiger charge is 2.05. The molecule has 0 aliphatic carbocycles. The molecular formula is C9H9FN2O. The van der Waals surface area contributed by atoms with Crippen molar-refractivity contribution >= 4 is 0 Å². The van der Waals surface area contributed by atoms with E-state index in [1.54, 1.807) is 13.8 Å². The zero-order valence-corrected chi connectivity index (χ0v) is 7.47. The van der Waals surface area contributed by atoms with Crippen LogP contribution in [0.2, 0.25) is 0 Å². The third-order valence-corrected chi connectivity index (χ3v) is 1.43. The van der Waals surface area contributed by atoms with Gasteiger partial charge in [0.25, 0.3) is 0 Å². The van der Waals surface area contributed by atoms with Crippen LogP contribution in [0, 0.1) is 24.7 Å². The van der Waals surface area contributed by atoms with Crippen LogP contribution in [0.4, 0.5) is 4.39 Å². The Labute approximate surface area is 76.0 Å². The van der Waals surface area contributed by atoms with Crippen molar-refractivity contribution in [1.82, 2.24) is 9.97 Å². The first-order chi connectivity index (χ1) is 6.25. The average molecular weight is 180 g/mol. The van der Waals surface area contributed by atoms with E-state index in [4.69, 9.17) is 4.74 Å². The van der Waals surface area contributed by atoms with Gasteiger partial charge in [0.15, 0.2) is 6.61 Å². The molecule has 0 fully saturated rings. The number of nitrogens with zero attached hydrogens (tertiary/aromatic N) is 2. The van der Waals surface area contributed by atoms with E-state index in [1.165, 1.54) is 0 Å². The minimum atomic E-state index is -0.561. The summed E-state index contributed by atoms with van der Waals surface area (Å²) in [6, 6.07) is 0. The summed E-state index contributed by atoms with van der Waals surface area (Å²) in [5, 5.41) is 0. The van der Waals surface area contributed by atoms with Gasteiger partial charge < -0.3 is 4.74 Å². The van der Waals surface area contributed by atoms with E-state index in [-0.39, 0.29) is 12.5 Å². The van der Waals surface area contributed by atoms with Crippen molar-refractivity contribution < 1.29 is 9.13 Å². The maximum atomic E-state index is 12.8. The molecule has 4 heteroatoms. The van der Waals surface area contributed by atoms with Crippen LogP contribution in [0.5, 0.6) is 5.88 Å². The Bertz CT molecular complexity index is 354. The molecule has 0 unspecified atom stereocenters. The van der Waals surface area contributed by atoms with Crippen LogP contribution < -0.4 is 4.74 Å². The number of hydrogen-bond donors (Lipinski definition) is 0. The Balaban J connectivity index is 2.75. The average Bonchev–Trinajstić information content (AvgIpc) is 2.13. The summed E-state index contributed by atoms with van der Waals surface area (Å²) < 4.78 is 17.9. The summed E-state index contributed by atoms with van der Waals surface area (Å²) >= 11 is 0. The zero-order valence-electron chi connectivity index (χ0n) is 7.47. The Morgan fingerprint density at radius 1 is 1.54 bits per heavy atom. The van der Waals surface area contributed by atoms with E-state index in [2.05, 4.69) is 21.8 Å². The zero-order chi connectivity index (χ0) is 9.68. The lowest BCUT2D eigenvalue weighted by Gasteiger charge is -2.03. The first-order valence-electron chi connectivity index (χ1n) is 3.75. The fourth-order valence-corrected chi connectivity index (χ4v) is 0.736. The van der Waals surface area contributed by atoms with Gasteiger partial charge in [0.2, 0.25) is 11.8 Å². The highest BCUT2D eigenvalue weighted by molar-refractivity contribution is 5.21. The number of aromatic nitrogens is 2. The van der Waals surface area contributed by atoms with E-state index in [9.17, 15) is 4.39 Å². The molecule has 1 aromatic rings. The van der Waals surface area contributed by atoms with Crippen LogP contribution in [-0.4, -0.2) is 16.6 Å². The van der Waals surface area contributed by atoms with Crippen molar-refractivity contribution in [2.24, 2.45) is 0 Å². The fourth-order valence-electron chi connectivity index (χ4n) is 0.736. The van der Waals surface area contributed by atoms with E-state index >= 15 is 0 Å². The van der Waals surface area contributed by atoms with Gasteiger partial charge in [-0.15, -0.1) is 5.92 Å². The van der Waals surface area contributed by atoms with Gasteiger partial charge in [-0.05, 0) is 13.8 Å². The Kier molecular flexibility index (Phi) is 3.21. The Morgan fingerprint density at radius 3 is 3.00 bits per heavy atom. The standard InChI is InChI=1S/C9H9FN2O/c1-3-4-5-13-9-7(2)8(10)11-6-12-9/h6H,5H2,1-2H3. The second-order valence-electron chi connectivity index (χ2n) is 2.31. The molecule has 0 atom stereocenters. The summed E-state index contributed by atoms with van der Waals surface area (Å²) in [6.45, 7) is 3.48. The molecule has 0 aromatic carbocycles. The fraction of sp³-hybridized carbons (Fsp3) is 0.333. The maximum absolute atomic E-state index is 12.8. The third-order valence-electron chi connectivity index (χ3n) is 1.43. The van der Waals surface area contributed by atoms with E-state index in [1.807, 2.05) is 0 Å². The van der Waals surface area contributed by atoms with Crippen LogP contribution in [0.25, 0.3) is 0 Å². The highest BCUT2D eigenvalue weighted by atomic mass is 19.1. The van der Waals surface area contributed by atoms with E-state index < -0.39 is 5.95 Å². The lowest BCUT2D eigenvalue weighted by molar-refractivity contribution is 0.346. The number of hydrogen-bond acceptors (Lipinski definition) is 3. The van der Waals surface area contributed by atoms with Gasteiger partial charge in [-0.1, -0.05) is 5.92 Å². The van der Waals surface area contributed by atoms with Crippen molar-refractivity contribution in [2.75, 3.05) is 6.61 Å². The predicted molar refractivity (Wildman–Crippen MR) is 45.7 cm³/mol. The second kappa shape index (κ2) is 4.41. The third kappa shape index (κ3) is 2.41. The molecule has 0 saturated carbocycles. The van der Waals surface area contributed by atoms with Gasteiger partial charge in [0, 0.05) is 0 Å². The normalized spacial score (nSPS) is 8.85. The molecule has 0 saturated heterocycles. The molecule has 1 aromatic heterocycles.